The fraction of sp³-hybridized carbons (Fsp3) is 0.308. The molecule has 6 aromatic rings. The number of aryl methyl sites for hydroxylation is 1. The van der Waals surface area contributed by atoms with Crippen molar-refractivity contribution in [2.45, 2.75) is 77.2 Å². The van der Waals surface area contributed by atoms with Crippen molar-refractivity contribution in [3.8, 4) is 51.3 Å². The Morgan fingerprint density at radius 2 is 1.68 bits per heavy atom. The van der Waals surface area contributed by atoms with Gasteiger partial charge in [0.05, 0.1) is 52.8 Å². The van der Waals surface area contributed by atoms with Crippen molar-refractivity contribution in [1.82, 2.24) is 20.2 Å². The lowest BCUT2D eigenvalue weighted by atomic mass is 9.97. The van der Waals surface area contributed by atoms with E-state index >= 15 is 0 Å². The van der Waals surface area contributed by atoms with Crippen LogP contribution in [0.1, 0.15) is 91.8 Å². The number of benzene rings is 4. The van der Waals surface area contributed by atoms with E-state index in [0.717, 1.165) is 68.1 Å². The third-order valence-electron chi connectivity index (χ3n) is 11.9. The highest BCUT2D eigenvalue weighted by atomic mass is 35.5. The normalized spacial score (nSPS) is 14.7. The molecule has 13 nitrogen and oxygen atoms in total. The fourth-order valence-electron chi connectivity index (χ4n) is 8.67. The zero-order chi connectivity index (χ0) is 46.2. The minimum atomic E-state index is -0.719. The number of piperidine rings is 1. The smallest absolute Gasteiger partial charge is 0.259 e. The largest absolute Gasteiger partial charge is 0.493 e. The second kappa shape index (κ2) is 20.9. The molecule has 8 rings (SSSR count). The number of rotatable bonds is 20. The summed E-state index contributed by atoms with van der Waals surface area (Å²) in [5.41, 5.74) is 6.72. The van der Waals surface area contributed by atoms with Gasteiger partial charge >= 0.3 is 0 Å². The molecule has 0 spiro atoms. The van der Waals surface area contributed by atoms with Crippen LogP contribution in [-0.4, -0.2) is 65.1 Å². The van der Waals surface area contributed by atoms with Crippen molar-refractivity contribution in [3.63, 3.8) is 0 Å². The predicted molar refractivity (Wildman–Crippen MR) is 252 cm³/mol. The summed E-state index contributed by atoms with van der Waals surface area (Å²) in [7, 11) is 0. The standard InChI is InChI=1S/C52H50ClN5O8/c1-3-64-46-28-48-41(26-40(46)35-22-33(29-54)23-36(24-35)43-30-55-31-56-43)45(59)27-47(66-48)39-16-15-37(25-42(39)53)65-21-20-63-19-10-8-6-4-5-7-9-12-34-13-11-14-38-32(2)58(52(62)50(34)38)44-17-18-49(60)57-51(44)61/h11,13-16,22-28,30-31,44H,2-10,12,17-21H2,1H3,(H,55,56)(H,57,60,61). The maximum atomic E-state index is 13.6. The van der Waals surface area contributed by atoms with Gasteiger partial charge in [-0.3, -0.25) is 29.4 Å². The van der Waals surface area contributed by atoms with Gasteiger partial charge in [0.25, 0.3) is 5.91 Å². The number of nitrogens with one attached hydrogen (secondary N) is 2. The van der Waals surface area contributed by atoms with Crippen molar-refractivity contribution in [3.05, 3.63) is 129 Å². The van der Waals surface area contributed by atoms with E-state index in [4.69, 9.17) is 30.2 Å². The molecule has 0 radical (unpaired) electrons. The Morgan fingerprint density at radius 3 is 2.44 bits per heavy atom. The van der Waals surface area contributed by atoms with Crippen LogP contribution in [0.2, 0.25) is 5.02 Å². The van der Waals surface area contributed by atoms with Crippen molar-refractivity contribution < 1.29 is 33.0 Å². The summed E-state index contributed by atoms with van der Waals surface area (Å²) >= 11 is 6.72. The zero-order valence-electron chi connectivity index (χ0n) is 36.8. The summed E-state index contributed by atoms with van der Waals surface area (Å²) in [6.45, 7) is 7.78. The first-order chi connectivity index (χ1) is 32.1. The number of imide groups is 1. The van der Waals surface area contributed by atoms with E-state index in [1.165, 1.54) is 11.0 Å². The van der Waals surface area contributed by atoms with Gasteiger partial charge in [-0.2, -0.15) is 5.26 Å². The molecule has 1 saturated heterocycles. The number of hydrogen-bond acceptors (Lipinski definition) is 10. The summed E-state index contributed by atoms with van der Waals surface area (Å²) < 4.78 is 24.0. The number of imidazole rings is 1. The molecule has 1 unspecified atom stereocenters. The number of aromatic amines is 1. The van der Waals surface area contributed by atoms with E-state index in [1.807, 2.05) is 31.2 Å². The molecule has 3 amide bonds. The molecule has 2 N–H and O–H groups in total. The molecule has 4 aromatic carbocycles. The van der Waals surface area contributed by atoms with Crippen LogP contribution in [0, 0.1) is 11.3 Å². The zero-order valence-corrected chi connectivity index (χ0v) is 37.5. The Bertz CT molecular complexity index is 2900. The van der Waals surface area contributed by atoms with Gasteiger partial charge in [-0.25, -0.2) is 4.98 Å². The highest BCUT2D eigenvalue weighted by Crippen LogP contribution is 2.40. The molecule has 14 heteroatoms. The Kier molecular flexibility index (Phi) is 14.4. The molecule has 2 aliphatic rings. The topological polar surface area (TPSA) is 177 Å². The molecule has 0 bridgehead atoms. The molecule has 66 heavy (non-hydrogen) atoms. The number of unbranched alkanes of at least 4 members (excludes halogenated alkanes) is 6. The van der Waals surface area contributed by atoms with Gasteiger partial charge in [-0.05, 0) is 86.2 Å². The summed E-state index contributed by atoms with van der Waals surface area (Å²) in [5, 5.41) is 12.8. The summed E-state index contributed by atoms with van der Waals surface area (Å²) in [5.74, 6) is 0.395. The number of aromatic nitrogens is 2. The highest BCUT2D eigenvalue weighted by Gasteiger charge is 2.42. The molecule has 0 aliphatic carbocycles. The molecule has 338 valence electrons. The van der Waals surface area contributed by atoms with Crippen LogP contribution < -0.4 is 20.2 Å². The van der Waals surface area contributed by atoms with Crippen LogP contribution in [0.3, 0.4) is 0 Å². The van der Waals surface area contributed by atoms with E-state index in [9.17, 15) is 24.4 Å². The van der Waals surface area contributed by atoms with Crippen molar-refractivity contribution in [1.29, 1.82) is 5.26 Å². The van der Waals surface area contributed by atoms with Gasteiger partial charge in [0, 0.05) is 59.3 Å². The molecule has 0 saturated carbocycles. The SMILES string of the molecule is C=C1c2cccc(CCCCCCCCCOCCOc3ccc(-c4cc(=O)c5cc(-c6cc(C#N)cc(-c7c[nH]cn7)c6)c(OCC)cc5o4)c(Cl)c3)c2C(=O)N1C1CCC(=O)NC1=O. The molecular formula is C52H50ClN5O8. The van der Waals surface area contributed by atoms with Gasteiger partial charge in [-0.1, -0.05) is 68.5 Å². The number of fused-ring (bicyclic) bond motifs is 2. The van der Waals surface area contributed by atoms with E-state index in [-0.39, 0.29) is 23.7 Å². The number of halogens is 1. The van der Waals surface area contributed by atoms with Crippen LogP contribution in [0.4, 0.5) is 0 Å². The molecule has 2 aliphatic heterocycles. The maximum absolute atomic E-state index is 13.6. The second-order valence-corrected chi connectivity index (χ2v) is 16.8. The van der Waals surface area contributed by atoms with Gasteiger partial charge in [0.1, 0.15) is 35.5 Å². The molecule has 4 heterocycles. The summed E-state index contributed by atoms with van der Waals surface area (Å²) in [6.07, 6.45) is 12.0. The minimum absolute atomic E-state index is 0.201. The Labute approximate surface area is 387 Å². The van der Waals surface area contributed by atoms with Crippen molar-refractivity contribution >= 4 is 46.0 Å². The fourth-order valence-corrected chi connectivity index (χ4v) is 8.94. The third kappa shape index (κ3) is 10.1. The number of amides is 3. The molecular weight excluding hydrogens is 858 g/mol. The van der Waals surface area contributed by atoms with Gasteiger partial charge < -0.3 is 23.6 Å². The van der Waals surface area contributed by atoms with E-state index < -0.39 is 11.9 Å². The number of nitriles is 1. The average Bonchev–Trinajstić information content (AvgIpc) is 3.94. The molecule has 1 atom stereocenters. The Balaban J connectivity index is 0.759. The Hall–Kier alpha value is -7.01. The lowest BCUT2D eigenvalue weighted by Crippen LogP contribution is -2.52. The number of H-pyrrole nitrogens is 1. The number of ether oxygens (including phenoxy) is 3. The lowest BCUT2D eigenvalue weighted by Gasteiger charge is -2.30. The van der Waals surface area contributed by atoms with Crippen LogP contribution in [0.25, 0.3) is 50.4 Å². The molecule has 1 fully saturated rings. The Morgan fingerprint density at radius 1 is 0.879 bits per heavy atom. The first-order valence-corrected chi connectivity index (χ1v) is 22.8. The average molecular weight is 908 g/mol. The first kappa shape index (κ1) is 45.6. The highest BCUT2D eigenvalue weighted by molar-refractivity contribution is 6.33. The lowest BCUT2D eigenvalue weighted by molar-refractivity contribution is -0.136. The van der Waals surface area contributed by atoms with Gasteiger partial charge in [0.15, 0.2) is 5.43 Å². The van der Waals surface area contributed by atoms with Crippen LogP contribution in [0.5, 0.6) is 11.5 Å². The van der Waals surface area contributed by atoms with Crippen LogP contribution in [0.15, 0.2) is 101 Å². The van der Waals surface area contributed by atoms with E-state index in [0.29, 0.717) is 105 Å². The first-order valence-electron chi connectivity index (χ1n) is 22.4. The van der Waals surface area contributed by atoms with Crippen LogP contribution in [-0.2, 0) is 20.7 Å². The minimum Gasteiger partial charge on any atom is -0.493 e. The van der Waals surface area contributed by atoms with E-state index in [1.54, 1.807) is 55.0 Å². The summed E-state index contributed by atoms with van der Waals surface area (Å²) in [4.78, 5) is 60.0. The van der Waals surface area contributed by atoms with Crippen molar-refractivity contribution in [2.24, 2.45) is 0 Å². The number of hydrogen-bond donors (Lipinski definition) is 2. The number of nitrogens with zero attached hydrogens (tertiary/aromatic N) is 3. The number of carbonyl (C=O) groups is 3. The monoisotopic (exact) mass is 907 g/mol. The third-order valence-corrected chi connectivity index (χ3v) is 12.3. The summed E-state index contributed by atoms with van der Waals surface area (Å²) in [6, 6.07) is 22.8. The number of carbonyl (C=O) groups excluding carboxylic acids is 3. The maximum Gasteiger partial charge on any atom is 0.259 e. The van der Waals surface area contributed by atoms with Crippen molar-refractivity contribution in [2.75, 3.05) is 26.4 Å². The predicted octanol–water partition coefficient (Wildman–Crippen LogP) is 10.0. The molecule has 2 aromatic heterocycles. The van der Waals surface area contributed by atoms with E-state index in [2.05, 4.69) is 27.9 Å². The van der Waals surface area contributed by atoms with Gasteiger partial charge in [-0.15, -0.1) is 0 Å². The second-order valence-electron chi connectivity index (χ2n) is 16.4. The van der Waals surface area contributed by atoms with Crippen LogP contribution >= 0.6 is 11.6 Å². The quantitative estimate of drug-likeness (QED) is 0.0554. The van der Waals surface area contributed by atoms with Gasteiger partial charge in [0.2, 0.25) is 11.8 Å².